The molecule has 1 saturated carbocycles. The van der Waals surface area contributed by atoms with Crippen LogP contribution in [0.4, 0.5) is 0 Å². The van der Waals surface area contributed by atoms with Gasteiger partial charge in [-0.25, -0.2) is 0 Å². The molecule has 2 aliphatic carbocycles. The van der Waals surface area contributed by atoms with Crippen molar-refractivity contribution >= 4 is 0 Å². The normalized spacial score (nSPS) is 34.5. The van der Waals surface area contributed by atoms with Gasteiger partial charge in [0.05, 0.1) is 0 Å². The Morgan fingerprint density at radius 3 is 2.91 bits per heavy atom. The van der Waals surface area contributed by atoms with E-state index < -0.39 is 0 Å². The second-order valence-corrected chi connectivity index (χ2v) is 4.15. The van der Waals surface area contributed by atoms with Gasteiger partial charge >= 0.3 is 0 Å². The van der Waals surface area contributed by atoms with Crippen molar-refractivity contribution in [3.63, 3.8) is 0 Å². The van der Waals surface area contributed by atoms with Crippen LogP contribution in [0.15, 0.2) is 11.6 Å². The van der Waals surface area contributed by atoms with Crippen LogP contribution in [0.25, 0.3) is 0 Å². The molecular formula is C11H18. The molecule has 2 aliphatic rings. The van der Waals surface area contributed by atoms with E-state index in [2.05, 4.69) is 13.0 Å². The summed E-state index contributed by atoms with van der Waals surface area (Å²) in [5.41, 5.74) is 2.56. The first-order chi connectivity index (χ1) is 5.37. The second-order valence-electron chi connectivity index (χ2n) is 4.15. The highest BCUT2D eigenvalue weighted by Crippen LogP contribution is 2.56. The molecule has 0 heteroatoms. The molecule has 0 aliphatic heterocycles. The molecule has 0 heterocycles. The molecular weight excluding hydrogens is 132 g/mol. The fourth-order valence-electron chi connectivity index (χ4n) is 2.68. The van der Waals surface area contributed by atoms with E-state index in [0.29, 0.717) is 0 Å². The lowest BCUT2D eigenvalue weighted by atomic mass is 9.63. The minimum absolute atomic E-state index is 0.746. The summed E-state index contributed by atoms with van der Waals surface area (Å²) in [5.74, 6) is 0. The smallest absolute Gasteiger partial charge is 0.00821 e. The number of hydrogen-bond acceptors (Lipinski definition) is 0. The van der Waals surface area contributed by atoms with Gasteiger partial charge in [-0.05, 0) is 37.5 Å². The molecule has 0 aromatic carbocycles. The van der Waals surface area contributed by atoms with Crippen LogP contribution in [0.1, 0.15) is 51.9 Å². The van der Waals surface area contributed by atoms with Crippen molar-refractivity contribution in [3.05, 3.63) is 11.6 Å². The third-order valence-corrected chi connectivity index (χ3v) is 3.58. The van der Waals surface area contributed by atoms with E-state index >= 15 is 0 Å². The van der Waals surface area contributed by atoms with Crippen LogP contribution in [0.3, 0.4) is 0 Å². The summed E-state index contributed by atoms with van der Waals surface area (Å²) in [6, 6.07) is 0. The number of fused-ring (bicyclic) bond motifs is 1. The number of allylic oxidation sites excluding steroid dienone is 2. The Morgan fingerprint density at radius 1 is 1.45 bits per heavy atom. The molecule has 1 fully saturated rings. The van der Waals surface area contributed by atoms with Crippen LogP contribution in [0.2, 0.25) is 0 Å². The molecule has 0 aromatic heterocycles. The first-order valence-corrected chi connectivity index (χ1v) is 5.07. The van der Waals surface area contributed by atoms with E-state index in [1.165, 1.54) is 44.9 Å². The molecule has 0 aromatic rings. The quantitative estimate of drug-likeness (QED) is 0.538. The lowest BCUT2D eigenvalue weighted by Gasteiger charge is -2.42. The minimum atomic E-state index is 0.746. The average molecular weight is 150 g/mol. The van der Waals surface area contributed by atoms with Gasteiger partial charge in [0.25, 0.3) is 0 Å². The van der Waals surface area contributed by atoms with E-state index in [1.807, 2.05) is 5.57 Å². The Hall–Kier alpha value is -0.260. The highest BCUT2D eigenvalue weighted by molar-refractivity contribution is 5.27. The summed E-state index contributed by atoms with van der Waals surface area (Å²) in [5, 5.41) is 0. The topological polar surface area (TPSA) is 0 Å². The van der Waals surface area contributed by atoms with Gasteiger partial charge in [0.2, 0.25) is 0 Å². The maximum absolute atomic E-state index is 2.50. The van der Waals surface area contributed by atoms with Gasteiger partial charge in [-0.2, -0.15) is 0 Å². The van der Waals surface area contributed by atoms with Crippen molar-refractivity contribution in [1.82, 2.24) is 0 Å². The largest absolute Gasteiger partial charge is 0.0847 e. The third kappa shape index (κ3) is 1.04. The summed E-state index contributed by atoms with van der Waals surface area (Å²) in [6.45, 7) is 2.30. The minimum Gasteiger partial charge on any atom is -0.0847 e. The molecule has 0 bridgehead atoms. The van der Waals surface area contributed by atoms with Gasteiger partial charge in [0.15, 0.2) is 0 Å². The van der Waals surface area contributed by atoms with Gasteiger partial charge < -0.3 is 0 Å². The van der Waals surface area contributed by atoms with Crippen LogP contribution < -0.4 is 0 Å². The van der Waals surface area contributed by atoms with Gasteiger partial charge in [-0.1, -0.05) is 31.4 Å². The highest BCUT2D eigenvalue weighted by Gasteiger charge is 2.42. The molecule has 0 saturated heterocycles. The molecule has 0 radical (unpaired) electrons. The average Bonchev–Trinajstić information content (AvgIpc) is 2.26. The molecule has 1 unspecified atom stereocenters. The molecule has 0 amide bonds. The van der Waals surface area contributed by atoms with Crippen molar-refractivity contribution in [2.45, 2.75) is 51.9 Å². The molecule has 2 rings (SSSR count). The Bertz CT molecular complexity index is 178. The summed E-state index contributed by atoms with van der Waals surface area (Å²) in [7, 11) is 0. The Morgan fingerprint density at radius 2 is 2.36 bits per heavy atom. The van der Waals surface area contributed by atoms with E-state index in [-0.39, 0.29) is 0 Å². The zero-order valence-corrected chi connectivity index (χ0v) is 7.53. The SMILES string of the molecule is CCCCC12CCC=C1CC2. The first-order valence-electron chi connectivity index (χ1n) is 5.07. The van der Waals surface area contributed by atoms with Gasteiger partial charge in [0.1, 0.15) is 0 Å². The van der Waals surface area contributed by atoms with Crippen molar-refractivity contribution in [2.75, 3.05) is 0 Å². The molecule has 0 nitrogen and oxygen atoms in total. The molecule has 0 N–H and O–H groups in total. The fraction of sp³-hybridized carbons (Fsp3) is 0.818. The second kappa shape index (κ2) is 2.66. The molecule has 1 atom stereocenters. The molecule has 11 heavy (non-hydrogen) atoms. The summed E-state index contributed by atoms with van der Waals surface area (Å²) < 4.78 is 0. The van der Waals surface area contributed by atoms with Crippen molar-refractivity contribution in [1.29, 1.82) is 0 Å². The summed E-state index contributed by atoms with van der Waals surface area (Å²) in [4.78, 5) is 0. The van der Waals surface area contributed by atoms with E-state index in [0.717, 1.165) is 5.41 Å². The molecule has 62 valence electrons. The maximum Gasteiger partial charge on any atom is -0.00821 e. The predicted molar refractivity (Wildman–Crippen MR) is 48.5 cm³/mol. The van der Waals surface area contributed by atoms with Crippen molar-refractivity contribution in [3.8, 4) is 0 Å². The Balaban J connectivity index is 1.95. The van der Waals surface area contributed by atoms with Crippen LogP contribution in [0.5, 0.6) is 0 Å². The van der Waals surface area contributed by atoms with Crippen LogP contribution in [-0.2, 0) is 0 Å². The Labute approximate surface area is 69.7 Å². The van der Waals surface area contributed by atoms with E-state index in [1.54, 1.807) is 0 Å². The number of rotatable bonds is 3. The lowest BCUT2D eigenvalue weighted by molar-refractivity contribution is 0.216. The number of unbranched alkanes of at least 4 members (excludes halogenated alkanes) is 1. The first kappa shape index (κ1) is 7.39. The predicted octanol–water partition coefficient (Wildman–Crippen LogP) is 3.68. The molecule has 0 spiro atoms. The van der Waals surface area contributed by atoms with Crippen molar-refractivity contribution < 1.29 is 0 Å². The van der Waals surface area contributed by atoms with Crippen LogP contribution in [0, 0.1) is 5.41 Å². The highest BCUT2D eigenvalue weighted by atomic mass is 14.5. The fourth-order valence-corrected chi connectivity index (χ4v) is 2.68. The van der Waals surface area contributed by atoms with E-state index in [9.17, 15) is 0 Å². The monoisotopic (exact) mass is 150 g/mol. The third-order valence-electron chi connectivity index (χ3n) is 3.58. The summed E-state index contributed by atoms with van der Waals surface area (Å²) in [6.07, 6.45) is 12.6. The zero-order chi connectivity index (χ0) is 7.73. The van der Waals surface area contributed by atoms with Gasteiger partial charge in [-0.15, -0.1) is 0 Å². The maximum atomic E-state index is 2.50. The van der Waals surface area contributed by atoms with E-state index in [4.69, 9.17) is 0 Å². The van der Waals surface area contributed by atoms with Gasteiger partial charge in [0, 0.05) is 0 Å². The Kier molecular flexibility index (Phi) is 1.78. The summed E-state index contributed by atoms with van der Waals surface area (Å²) >= 11 is 0. The van der Waals surface area contributed by atoms with Gasteiger partial charge in [-0.3, -0.25) is 0 Å². The zero-order valence-electron chi connectivity index (χ0n) is 7.53. The van der Waals surface area contributed by atoms with Crippen LogP contribution >= 0.6 is 0 Å². The standard InChI is InChI=1S/C11H18/c1-2-3-7-11-8-4-5-10(11)6-9-11/h5H,2-4,6-9H2,1H3. The van der Waals surface area contributed by atoms with Crippen LogP contribution in [-0.4, -0.2) is 0 Å². The lowest BCUT2D eigenvalue weighted by Crippen LogP contribution is -2.29. The number of hydrogen-bond donors (Lipinski definition) is 0. The van der Waals surface area contributed by atoms with Crippen molar-refractivity contribution in [2.24, 2.45) is 5.41 Å².